The van der Waals surface area contributed by atoms with Crippen molar-refractivity contribution in [2.24, 2.45) is 11.8 Å². The Morgan fingerprint density at radius 1 is 1.07 bits per heavy atom. The van der Waals surface area contributed by atoms with Crippen molar-refractivity contribution in [2.75, 3.05) is 14.2 Å². The van der Waals surface area contributed by atoms with Gasteiger partial charge in [0.15, 0.2) is 5.78 Å². The molecule has 1 aliphatic carbocycles. The zero-order chi connectivity index (χ0) is 11.4. The van der Waals surface area contributed by atoms with E-state index in [4.69, 9.17) is 0 Å². The summed E-state index contributed by atoms with van der Waals surface area (Å²) in [5.41, 5.74) is 0. The van der Waals surface area contributed by atoms with Crippen molar-refractivity contribution in [3.63, 3.8) is 0 Å². The number of Topliss-reactive ketones (excluding diaryl/α,β-unsaturated/α-hetero) is 1. The molecule has 1 rings (SSSR count). The minimum Gasteiger partial charge on any atom is -0.468 e. The highest BCUT2D eigenvalue weighted by Gasteiger charge is 2.40. The van der Waals surface area contributed by atoms with Crippen molar-refractivity contribution in [1.82, 2.24) is 0 Å². The molecule has 0 saturated heterocycles. The second-order valence-electron chi connectivity index (χ2n) is 3.48. The Bertz CT molecular complexity index is 258. The number of hydrogen-bond acceptors (Lipinski definition) is 5. The van der Waals surface area contributed by atoms with Gasteiger partial charge in [0.1, 0.15) is 11.8 Å². The molecule has 0 heterocycles. The largest absolute Gasteiger partial charge is 0.468 e. The molecule has 5 heteroatoms. The summed E-state index contributed by atoms with van der Waals surface area (Å²) in [6.45, 7) is 0. The molecule has 5 nitrogen and oxygen atoms in total. The molecule has 1 aliphatic rings. The first-order valence-corrected chi connectivity index (χ1v) is 4.81. The van der Waals surface area contributed by atoms with Crippen LogP contribution in [0.25, 0.3) is 0 Å². The Hall–Kier alpha value is -1.39. The van der Waals surface area contributed by atoms with Crippen LogP contribution in [0, 0.1) is 11.8 Å². The summed E-state index contributed by atoms with van der Waals surface area (Å²) in [5.74, 6) is -3.09. The molecular weight excluding hydrogens is 200 g/mol. The van der Waals surface area contributed by atoms with Gasteiger partial charge < -0.3 is 9.47 Å². The highest BCUT2D eigenvalue weighted by molar-refractivity contribution is 6.08. The zero-order valence-corrected chi connectivity index (χ0v) is 8.82. The summed E-state index contributed by atoms with van der Waals surface area (Å²) in [5, 5.41) is 0. The number of methoxy groups -OCH3 is 2. The molecule has 2 atom stereocenters. The third kappa shape index (κ3) is 2.34. The van der Waals surface area contributed by atoms with Gasteiger partial charge in [-0.2, -0.15) is 0 Å². The summed E-state index contributed by atoms with van der Waals surface area (Å²) < 4.78 is 9.02. The summed E-state index contributed by atoms with van der Waals surface area (Å²) >= 11 is 0. The van der Waals surface area contributed by atoms with Crippen LogP contribution in [-0.4, -0.2) is 31.9 Å². The van der Waals surface area contributed by atoms with E-state index < -0.39 is 23.8 Å². The summed E-state index contributed by atoms with van der Waals surface area (Å²) in [7, 11) is 2.47. The van der Waals surface area contributed by atoms with Gasteiger partial charge in [-0.05, 0) is 12.8 Å². The molecule has 0 bridgehead atoms. The Kier molecular flexibility index (Phi) is 3.82. The van der Waals surface area contributed by atoms with Crippen LogP contribution in [0.3, 0.4) is 0 Å². The third-order valence-corrected chi connectivity index (χ3v) is 2.64. The van der Waals surface area contributed by atoms with E-state index in [1.54, 1.807) is 0 Å². The van der Waals surface area contributed by atoms with Crippen molar-refractivity contribution in [3.8, 4) is 0 Å². The fourth-order valence-electron chi connectivity index (χ4n) is 1.81. The number of esters is 2. The summed E-state index contributed by atoms with van der Waals surface area (Å²) in [4.78, 5) is 34.2. The Balaban J connectivity index is 2.75. The van der Waals surface area contributed by atoms with Crippen molar-refractivity contribution in [2.45, 2.75) is 19.3 Å². The molecule has 0 aromatic carbocycles. The van der Waals surface area contributed by atoms with Gasteiger partial charge in [0.25, 0.3) is 0 Å². The predicted molar refractivity (Wildman–Crippen MR) is 49.9 cm³/mol. The molecule has 84 valence electrons. The minimum atomic E-state index is -0.798. The lowest BCUT2D eigenvalue weighted by atomic mass is 9.80. The van der Waals surface area contributed by atoms with Crippen LogP contribution in [0.2, 0.25) is 0 Å². The summed E-state index contributed by atoms with van der Waals surface area (Å²) in [6, 6.07) is 0. The number of carbonyl (C=O) groups excluding carboxylic acids is 3. The maximum atomic E-state index is 11.7. The van der Waals surface area contributed by atoms with Gasteiger partial charge in [-0.15, -0.1) is 0 Å². The molecule has 15 heavy (non-hydrogen) atoms. The number of carbonyl (C=O) groups is 3. The van der Waals surface area contributed by atoms with Crippen LogP contribution in [0.15, 0.2) is 0 Å². The second-order valence-corrected chi connectivity index (χ2v) is 3.48. The second kappa shape index (κ2) is 4.91. The first-order valence-electron chi connectivity index (χ1n) is 4.81. The van der Waals surface area contributed by atoms with Gasteiger partial charge in [0.05, 0.1) is 14.2 Å². The molecule has 1 saturated carbocycles. The van der Waals surface area contributed by atoms with E-state index in [0.717, 1.165) is 0 Å². The zero-order valence-electron chi connectivity index (χ0n) is 8.82. The minimum absolute atomic E-state index is 0.375. The van der Waals surface area contributed by atoms with Crippen molar-refractivity contribution < 1.29 is 23.9 Å². The normalized spacial score (nSPS) is 25.9. The van der Waals surface area contributed by atoms with E-state index >= 15 is 0 Å². The van der Waals surface area contributed by atoms with Crippen LogP contribution >= 0.6 is 0 Å². The number of ether oxygens (including phenoxy) is 2. The van der Waals surface area contributed by atoms with Gasteiger partial charge in [-0.25, -0.2) is 0 Å². The maximum absolute atomic E-state index is 11.7. The smallest absolute Gasteiger partial charge is 0.316 e. The van der Waals surface area contributed by atoms with Crippen molar-refractivity contribution in [1.29, 1.82) is 0 Å². The van der Waals surface area contributed by atoms with Gasteiger partial charge in [0, 0.05) is 0 Å². The Labute approximate surface area is 87.7 Å². The molecule has 0 unspecified atom stereocenters. The molecule has 0 aromatic rings. The standard InChI is InChI=1S/C10H14O5/c1-14-9(12)6-4-3-5-7(8(6)11)10(13)15-2/h6-7H,3-5H2,1-2H3/t6-,7-/m0/s1. The fraction of sp³-hybridized carbons (Fsp3) is 0.700. The average molecular weight is 214 g/mol. The maximum Gasteiger partial charge on any atom is 0.316 e. The van der Waals surface area contributed by atoms with Crippen LogP contribution in [0.1, 0.15) is 19.3 Å². The number of ketones is 1. The van der Waals surface area contributed by atoms with Crippen molar-refractivity contribution >= 4 is 17.7 Å². The van der Waals surface area contributed by atoms with E-state index in [1.165, 1.54) is 14.2 Å². The molecule has 0 aliphatic heterocycles. The number of hydrogen-bond donors (Lipinski definition) is 0. The molecule has 1 fully saturated rings. The Morgan fingerprint density at radius 2 is 1.47 bits per heavy atom. The fourth-order valence-corrected chi connectivity index (χ4v) is 1.81. The third-order valence-electron chi connectivity index (χ3n) is 2.64. The van der Waals surface area contributed by atoms with Gasteiger partial charge in [0.2, 0.25) is 0 Å². The van der Waals surface area contributed by atoms with E-state index in [9.17, 15) is 14.4 Å². The SMILES string of the molecule is COC(=O)[C@H]1CCC[C@H](C(=O)OC)C1=O. The van der Waals surface area contributed by atoms with Crippen LogP contribution in [-0.2, 0) is 23.9 Å². The molecule has 0 radical (unpaired) electrons. The van der Waals surface area contributed by atoms with E-state index in [-0.39, 0.29) is 5.78 Å². The van der Waals surface area contributed by atoms with E-state index in [1.807, 2.05) is 0 Å². The van der Waals surface area contributed by atoms with Crippen LogP contribution in [0.4, 0.5) is 0 Å². The lowest BCUT2D eigenvalue weighted by molar-refractivity contribution is -0.157. The molecule has 0 amide bonds. The van der Waals surface area contributed by atoms with Gasteiger partial charge in [-0.3, -0.25) is 14.4 Å². The van der Waals surface area contributed by atoms with Crippen molar-refractivity contribution in [3.05, 3.63) is 0 Å². The lowest BCUT2D eigenvalue weighted by Gasteiger charge is -2.24. The van der Waals surface area contributed by atoms with Crippen LogP contribution in [0.5, 0.6) is 0 Å². The van der Waals surface area contributed by atoms with E-state index in [0.29, 0.717) is 19.3 Å². The first-order chi connectivity index (χ1) is 7.11. The highest BCUT2D eigenvalue weighted by Crippen LogP contribution is 2.27. The van der Waals surface area contributed by atoms with Gasteiger partial charge in [-0.1, -0.05) is 6.42 Å². The van der Waals surface area contributed by atoms with Gasteiger partial charge >= 0.3 is 11.9 Å². The molecule has 0 N–H and O–H groups in total. The highest BCUT2D eigenvalue weighted by atomic mass is 16.5. The quantitative estimate of drug-likeness (QED) is 0.489. The monoisotopic (exact) mass is 214 g/mol. The number of rotatable bonds is 2. The summed E-state index contributed by atoms with van der Waals surface area (Å²) in [6.07, 6.45) is 1.57. The first kappa shape index (κ1) is 11.7. The predicted octanol–water partition coefficient (Wildman–Crippen LogP) is 0.318. The molecule has 0 aromatic heterocycles. The average Bonchev–Trinajstić information content (AvgIpc) is 2.27. The van der Waals surface area contributed by atoms with E-state index in [2.05, 4.69) is 9.47 Å². The lowest BCUT2D eigenvalue weighted by Crippen LogP contribution is -2.38. The topological polar surface area (TPSA) is 69.7 Å². The molecular formula is C10H14O5. The Morgan fingerprint density at radius 3 is 1.80 bits per heavy atom. The molecule has 0 spiro atoms. The van der Waals surface area contributed by atoms with Crippen LogP contribution < -0.4 is 0 Å².